The topological polar surface area (TPSA) is 52.6 Å². The van der Waals surface area contributed by atoms with Crippen molar-refractivity contribution in [3.63, 3.8) is 0 Å². The molecule has 1 aliphatic rings. The van der Waals surface area contributed by atoms with Crippen LogP contribution in [0.3, 0.4) is 0 Å². The van der Waals surface area contributed by atoms with E-state index in [0.29, 0.717) is 17.1 Å². The molecule has 0 radical (unpaired) electrons. The monoisotopic (exact) mass is 338 g/mol. The minimum absolute atomic E-state index is 0.0422. The van der Waals surface area contributed by atoms with Crippen molar-refractivity contribution >= 4 is 17.5 Å². The van der Waals surface area contributed by atoms with Gasteiger partial charge in [0.25, 0.3) is 5.91 Å². The zero-order valence-electron chi connectivity index (χ0n) is 14.2. The molecule has 1 amide bonds. The lowest BCUT2D eigenvalue weighted by atomic mass is 9.91. The van der Waals surface area contributed by atoms with E-state index in [9.17, 15) is 9.90 Å². The van der Waals surface area contributed by atoms with Crippen LogP contribution in [0.5, 0.6) is 5.75 Å². The van der Waals surface area contributed by atoms with Crippen molar-refractivity contribution in [2.24, 2.45) is 5.92 Å². The molecular weight excluding hydrogens is 312 g/mol. The SMILES string of the molecule is CC[C@H]1CCCN(C(C)(C)CNC(=O)c2cc(O)ccc2Cl)C1. The van der Waals surface area contributed by atoms with Crippen LogP contribution in [0, 0.1) is 5.92 Å². The molecule has 0 spiro atoms. The van der Waals surface area contributed by atoms with E-state index in [0.717, 1.165) is 19.0 Å². The Hall–Kier alpha value is -1.26. The number of benzene rings is 1. The van der Waals surface area contributed by atoms with Gasteiger partial charge in [-0.3, -0.25) is 9.69 Å². The summed E-state index contributed by atoms with van der Waals surface area (Å²) in [4.78, 5) is 14.8. The molecule has 1 aliphatic heterocycles. The number of phenols is 1. The number of phenolic OH excluding ortho intramolecular Hbond substituents is 1. The van der Waals surface area contributed by atoms with Gasteiger partial charge >= 0.3 is 0 Å². The third kappa shape index (κ3) is 4.61. The van der Waals surface area contributed by atoms with Gasteiger partial charge < -0.3 is 10.4 Å². The van der Waals surface area contributed by atoms with Crippen LogP contribution in [-0.2, 0) is 0 Å². The second-order valence-corrected chi connectivity index (χ2v) is 7.43. The third-order valence-corrected chi connectivity index (χ3v) is 5.16. The number of halogens is 1. The lowest BCUT2D eigenvalue weighted by Gasteiger charge is -2.43. The molecule has 0 bridgehead atoms. The Balaban J connectivity index is 1.98. The maximum atomic E-state index is 12.3. The van der Waals surface area contributed by atoms with Crippen LogP contribution >= 0.6 is 11.6 Å². The number of piperidine rings is 1. The van der Waals surface area contributed by atoms with Crippen LogP contribution in [-0.4, -0.2) is 41.1 Å². The van der Waals surface area contributed by atoms with E-state index in [2.05, 4.69) is 31.0 Å². The highest BCUT2D eigenvalue weighted by Crippen LogP contribution is 2.26. The normalized spacial score (nSPS) is 19.6. The molecule has 1 heterocycles. The van der Waals surface area contributed by atoms with E-state index in [1.165, 1.54) is 37.5 Å². The molecule has 4 nitrogen and oxygen atoms in total. The van der Waals surface area contributed by atoms with E-state index >= 15 is 0 Å². The molecule has 0 unspecified atom stereocenters. The average Bonchev–Trinajstić information content (AvgIpc) is 2.55. The summed E-state index contributed by atoms with van der Waals surface area (Å²) in [5, 5.41) is 12.8. The number of hydrogen-bond acceptors (Lipinski definition) is 3. The van der Waals surface area contributed by atoms with Gasteiger partial charge in [0, 0.05) is 18.6 Å². The summed E-state index contributed by atoms with van der Waals surface area (Å²) < 4.78 is 0. The Morgan fingerprint density at radius 1 is 1.48 bits per heavy atom. The number of nitrogens with one attached hydrogen (secondary N) is 1. The zero-order valence-corrected chi connectivity index (χ0v) is 15.0. The second kappa shape index (κ2) is 7.54. The summed E-state index contributed by atoms with van der Waals surface area (Å²) in [7, 11) is 0. The van der Waals surface area contributed by atoms with Gasteiger partial charge in [-0.05, 0) is 57.4 Å². The Bertz CT molecular complexity index is 560. The van der Waals surface area contributed by atoms with Gasteiger partial charge in [0.1, 0.15) is 5.75 Å². The molecule has 0 aromatic heterocycles. The first-order chi connectivity index (χ1) is 10.8. The molecule has 2 rings (SSSR count). The van der Waals surface area contributed by atoms with E-state index < -0.39 is 0 Å². The first kappa shape index (κ1) is 18.1. The van der Waals surface area contributed by atoms with Crippen LogP contribution in [0.4, 0.5) is 0 Å². The standard InChI is InChI=1S/C18H27ClN2O2/c1-4-13-6-5-9-21(11-13)18(2,3)12-20-17(23)15-10-14(22)7-8-16(15)19/h7-8,10,13,22H,4-6,9,11-12H2,1-3H3,(H,20,23)/t13-/m0/s1. The maximum absolute atomic E-state index is 12.3. The molecule has 1 aromatic carbocycles. The lowest BCUT2D eigenvalue weighted by Crippen LogP contribution is -2.54. The van der Waals surface area contributed by atoms with E-state index in [-0.39, 0.29) is 17.2 Å². The minimum Gasteiger partial charge on any atom is -0.508 e. The molecule has 1 aromatic rings. The minimum atomic E-state index is -0.247. The summed E-state index contributed by atoms with van der Waals surface area (Å²) in [6, 6.07) is 4.41. The predicted molar refractivity (Wildman–Crippen MR) is 94.1 cm³/mol. The fourth-order valence-corrected chi connectivity index (χ4v) is 3.34. The number of carbonyl (C=O) groups is 1. The number of amides is 1. The molecule has 1 atom stereocenters. The van der Waals surface area contributed by atoms with Crippen molar-refractivity contribution in [1.29, 1.82) is 0 Å². The molecule has 1 fully saturated rings. The zero-order chi connectivity index (χ0) is 17.0. The highest BCUT2D eigenvalue weighted by molar-refractivity contribution is 6.33. The first-order valence-corrected chi connectivity index (χ1v) is 8.73. The van der Waals surface area contributed by atoms with Gasteiger partial charge in [-0.25, -0.2) is 0 Å². The van der Waals surface area contributed by atoms with E-state index in [1.54, 1.807) is 0 Å². The molecule has 23 heavy (non-hydrogen) atoms. The molecular formula is C18H27ClN2O2. The summed E-state index contributed by atoms with van der Waals surface area (Å²) >= 11 is 6.05. The third-order valence-electron chi connectivity index (χ3n) is 4.83. The smallest absolute Gasteiger partial charge is 0.252 e. The van der Waals surface area contributed by atoms with Gasteiger partial charge in [-0.2, -0.15) is 0 Å². The fourth-order valence-electron chi connectivity index (χ4n) is 3.14. The number of hydrogen-bond donors (Lipinski definition) is 2. The average molecular weight is 339 g/mol. The second-order valence-electron chi connectivity index (χ2n) is 7.02. The van der Waals surface area contributed by atoms with Gasteiger partial charge in [0.2, 0.25) is 0 Å². The van der Waals surface area contributed by atoms with Crippen LogP contribution in [0.1, 0.15) is 50.4 Å². The maximum Gasteiger partial charge on any atom is 0.252 e. The summed E-state index contributed by atoms with van der Waals surface area (Å²) in [6.45, 7) is 9.28. The van der Waals surface area contributed by atoms with Gasteiger partial charge in [0.05, 0.1) is 10.6 Å². The summed E-state index contributed by atoms with van der Waals surface area (Å²) in [5.74, 6) is 0.544. The number of aromatic hydroxyl groups is 1. The Kier molecular flexibility index (Phi) is 5.93. The molecule has 1 saturated heterocycles. The number of rotatable bonds is 5. The van der Waals surface area contributed by atoms with Crippen molar-refractivity contribution in [3.8, 4) is 5.75 Å². The van der Waals surface area contributed by atoms with Gasteiger partial charge in [0.15, 0.2) is 0 Å². The number of carbonyl (C=O) groups excluding carboxylic acids is 1. The molecule has 128 valence electrons. The van der Waals surface area contributed by atoms with Crippen molar-refractivity contribution in [2.45, 2.75) is 45.6 Å². The Morgan fingerprint density at radius 3 is 2.91 bits per heavy atom. The molecule has 2 N–H and O–H groups in total. The van der Waals surface area contributed by atoms with Crippen LogP contribution < -0.4 is 5.32 Å². The fraction of sp³-hybridized carbons (Fsp3) is 0.611. The molecule has 0 aliphatic carbocycles. The summed E-state index contributed by atoms with van der Waals surface area (Å²) in [5.41, 5.74) is 0.208. The van der Waals surface area contributed by atoms with E-state index in [4.69, 9.17) is 11.6 Å². The Labute approximate surface area is 143 Å². The van der Waals surface area contributed by atoms with Gasteiger partial charge in [-0.1, -0.05) is 24.9 Å². The number of nitrogens with zero attached hydrogens (tertiary/aromatic N) is 1. The largest absolute Gasteiger partial charge is 0.508 e. The number of likely N-dealkylation sites (tertiary alicyclic amines) is 1. The van der Waals surface area contributed by atoms with Gasteiger partial charge in [-0.15, -0.1) is 0 Å². The first-order valence-electron chi connectivity index (χ1n) is 8.35. The van der Waals surface area contributed by atoms with Crippen molar-refractivity contribution in [2.75, 3.05) is 19.6 Å². The predicted octanol–water partition coefficient (Wildman–Crippen LogP) is 3.68. The quantitative estimate of drug-likeness (QED) is 0.861. The highest BCUT2D eigenvalue weighted by atomic mass is 35.5. The molecule has 0 saturated carbocycles. The van der Waals surface area contributed by atoms with Crippen molar-refractivity contribution in [1.82, 2.24) is 10.2 Å². The van der Waals surface area contributed by atoms with E-state index in [1.807, 2.05) is 0 Å². The lowest BCUT2D eigenvalue weighted by molar-refractivity contribution is 0.0612. The van der Waals surface area contributed by atoms with Crippen molar-refractivity contribution < 1.29 is 9.90 Å². The highest BCUT2D eigenvalue weighted by Gasteiger charge is 2.31. The Morgan fingerprint density at radius 2 is 2.22 bits per heavy atom. The summed E-state index contributed by atoms with van der Waals surface area (Å²) in [6.07, 6.45) is 3.72. The van der Waals surface area contributed by atoms with Crippen LogP contribution in [0.2, 0.25) is 5.02 Å². The van der Waals surface area contributed by atoms with Crippen molar-refractivity contribution in [3.05, 3.63) is 28.8 Å². The molecule has 5 heteroatoms. The van der Waals surface area contributed by atoms with Crippen LogP contribution in [0.15, 0.2) is 18.2 Å². The van der Waals surface area contributed by atoms with Crippen LogP contribution in [0.25, 0.3) is 0 Å².